The molecule has 0 saturated heterocycles. The number of hydrogen-bond donors (Lipinski definition) is 4. The minimum absolute atomic E-state index is 0. The monoisotopic (exact) mass is 1140 g/mol. The van der Waals surface area contributed by atoms with Crippen LogP contribution in [-0.2, 0) is 33.1 Å². The second-order valence-electron chi connectivity index (χ2n) is 16.3. The van der Waals surface area contributed by atoms with Crippen LogP contribution in [0.4, 0.5) is 34.1 Å². The smallest absolute Gasteiger partial charge is 0.870 e. The van der Waals surface area contributed by atoms with Gasteiger partial charge in [0.1, 0.15) is 43.6 Å². The summed E-state index contributed by atoms with van der Waals surface area (Å²) in [4.78, 5) is 25.1. The number of phenolic OH excluding ortho intramolecular Hbond substituents is 1. The molecule has 0 aliphatic heterocycles. The zero-order valence-corrected chi connectivity index (χ0v) is 46.9. The summed E-state index contributed by atoms with van der Waals surface area (Å²) in [5, 5.41) is 47.8. The van der Waals surface area contributed by atoms with Crippen LogP contribution in [-0.4, -0.2) is 93.8 Å². The minimum atomic E-state index is -4.96. The van der Waals surface area contributed by atoms with Gasteiger partial charge >= 0.3 is 37.7 Å². The Morgan fingerprint density at radius 2 is 0.974 bits per heavy atom. The van der Waals surface area contributed by atoms with E-state index in [4.69, 9.17) is 32.7 Å². The van der Waals surface area contributed by atoms with Gasteiger partial charge in [0.25, 0.3) is 21.9 Å². The number of nitrogens with one attached hydrogen (secondary N) is 2. The molecule has 0 heterocycles. The second-order valence-corrected chi connectivity index (χ2v) is 19.8. The first-order valence-electron chi connectivity index (χ1n) is 23.2. The summed E-state index contributed by atoms with van der Waals surface area (Å²) < 4.78 is 81.0. The number of rotatable bonds is 16. The van der Waals surface area contributed by atoms with Gasteiger partial charge in [-0.3, -0.25) is 14.1 Å². The fourth-order valence-corrected chi connectivity index (χ4v) is 10.2. The van der Waals surface area contributed by atoms with Crippen LogP contribution in [0.25, 0.3) is 21.5 Å². The van der Waals surface area contributed by atoms with Crippen LogP contribution >= 0.6 is 23.2 Å². The summed E-state index contributed by atoms with van der Waals surface area (Å²) in [5.41, 5.74) is 0.253. The number of carbonyl (C=O) groups is 2. The van der Waals surface area contributed by atoms with Gasteiger partial charge in [-0.05, 0) is 121 Å². The Labute approximate surface area is 483 Å². The molecular weight excluding hydrogens is 1100 g/mol. The Hall–Kier alpha value is -6.72. The quantitative estimate of drug-likeness (QED) is 0.0399. The number of amides is 2. The van der Waals surface area contributed by atoms with E-state index in [9.17, 15) is 45.7 Å². The molecule has 0 unspecified atom stereocenters. The minimum Gasteiger partial charge on any atom is -0.870 e. The number of aromatic hydroxyl groups is 1. The normalized spacial score (nSPS) is 11.5. The zero-order chi connectivity index (χ0) is 54.9. The first kappa shape index (κ1) is 59.5. The third kappa shape index (κ3) is 14.1. The summed E-state index contributed by atoms with van der Waals surface area (Å²) in [6.45, 7) is 8.11. The number of anilines is 2. The van der Waals surface area contributed by atoms with E-state index >= 15 is 0 Å². The Morgan fingerprint density at radius 3 is 1.43 bits per heavy atom. The zero-order valence-electron chi connectivity index (χ0n) is 41.6. The van der Waals surface area contributed by atoms with Crippen LogP contribution in [0.15, 0.2) is 164 Å². The van der Waals surface area contributed by atoms with Gasteiger partial charge < -0.3 is 34.9 Å². The van der Waals surface area contributed by atoms with Crippen molar-refractivity contribution in [3.8, 4) is 23.0 Å². The fourth-order valence-electron chi connectivity index (χ4n) is 7.86. The van der Waals surface area contributed by atoms with E-state index in [0.29, 0.717) is 63.2 Å². The van der Waals surface area contributed by atoms with Crippen LogP contribution in [0.1, 0.15) is 59.5 Å². The van der Waals surface area contributed by atoms with E-state index < -0.39 is 53.3 Å². The summed E-state index contributed by atoms with van der Waals surface area (Å²) in [5.74, 6) is -1.18. The van der Waals surface area contributed by atoms with Gasteiger partial charge in [-0.25, -0.2) is 8.42 Å². The number of carbonyl (C=O) groups excluding carboxylic acids is 2. The molecule has 0 saturated carbocycles. The Kier molecular flexibility index (Phi) is 20.2. The molecule has 0 fully saturated rings. The van der Waals surface area contributed by atoms with Crippen molar-refractivity contribution in [2.24, 2.45) is 20.5 Å². The molecule has 392 valence electrons. The number of aryl methyl sites for hydroxylation is 2. The largest absolute Gasteiger partial charge is 2.00 e. The van der Waals surface area contributed by atoms with Crippen LogP contribution in [0.3, 0.4) is 0 Å². The SMILES string of the molecule is CCOc1ccc(NC(=O)c2cc3ccccc3c(N=Nc3c(Cl)ccc(CC)c3S(=O)(=O)O)c2O)cc1.CCOc1ccc(NC(=O)c2cc3ccccc3c(N=Nc3c(Cl)ccc(CC)c3S(=O)(=O)[O-])c2[O-])cc1.[Ca+2]. The number of benzene rings is 8. The first-order chi connectivity index (χ1) is 36.3. The van der Waals surface area contributed by atoms with Crippen LogP contribution < -0.4 is 25.2 Å². The molecule has 0 aliphatic rings. The maximum Gasteiger partial charge on any atom is 2.00 e. The molecule has 8 aromatic carbocycles. The number of phenols is 1. The predicted molar refractivity (Wildman–Crippen MR) is 294 cm³/mol. The fraction of sp³-hybridized carbons (Fsp3) is 0.148. The maximum absolute atomic E-state index is 13.4. The van der Waals surface area contributed by atoms with Gasteiger partial charge in [0, 0.05) is 27.7 Å². The van der Waals surface area contributed by atoms with Crippen molar-refractivity contribution in [3.05, 3.63) is 166 Å². The number of ether oxygens (including phenoxy) is 2. The molecule has 0 aliphatic carbocycles. The van der Waals surface area contributed by atoms with Crippen molar-refractivity contribution < 1.29 is 55.2 Å². The summed E-state index contributed by atoms with van der Waals surface area (Å²) in [7, 11) is -9.65. The molecule has 0 radical (unpaired) electrons. The summed E-state index contributed by atoms with van der Waals surface area (Å²) in [6, 6.07) is 35.7. The van der Waals surface area contributed by atoms with Crippen molar-refractivity contribution in [2.75, 3.05) is 23.8 Å². The molecular formula is C54H46CaCl2N6O12S2. The van der Waals surface area contributed by atoms with Gasteiger partial charge in [-0.2, -0.15) is 13.5 Å². The van der Waals surface area contributed by atoms with Crippen molar-refractivity contribution in [2.45, 2.75) is 50.3 Å². The average Bonchev–Trinajstić information content (AvgIpc) is 3.39. The van der Waals surface area contributed by atoms with Crippen LogP contribution in [0, 0.1) is 0 Å². The number of azo groups is 2. The molecule has 8 aromatic rings. The number of hydrogen-bond acceptors (Lipinski definition) is 15. The molecule has 77 heavy (non-hydrogen) atoms. The number of nitrogens with zero attached hydrogens (tertiary/aromatic N) is 4. The molecule has 0 aromatic heterocycles. The van der Waals surface area contributed by atoms with Crippen LogP contribution in [0.2, 0.25) is 10.0 Å². The molecule has 2 amide bonds. The van der Waals surface area contributed by atoms with E-state index in [2.05, 4.69) is 31.1 Å². The van der Waals surface area contributed by atoms with Gasteiger partial charge in [0.05, 0.1) is 39.4 Å². The topological polar surface area (TPSA) is 281 Å². The standard InChI is InChI=1S/2C27H24ClN3O6S.Ca/c2*1-3-16-9-14-22(28)24(26(16)38(34,35)36)31-30-23-20-8-6-5-7-17(20)15-21(25(23)32)27(33)29-18-10-12-19(13-11-18)37-4-2;/h2*5-15,32H,3-4H2,1-2H3,(H,29,33)(H,34,35,36);/q;;+2/p-2. The van der Waals surface area contributed by atoms with E-state index in [-0.39, 0.29) is 100 Å². The van der Waals surface area contributed by atoms with E-state index in [0.717, 1.165) is 0 Å². The molecule has 8 rings (SSSR count). The molecule has 0 bridgehead atoms. The van der Waals surface area contributed by atoms with E-state index in [1.165, 1.54) is 36.4 Å². The third-order valence-corrected chi connectivity index (χ3v) is 13.9. The van der Waals surface area contributed by atoms with E-state index in [1.807, 2.05) is 13.8 Å². The summed E-state index contributed by atoms with van der Waals surface area (Å²) >= 11 is 12.4. The maximum atomic E-state index is 13.4. The van der Waals surface area contributed by atoms with Gasteiger partial charge in [0.2, 0.25) is 0 Å². The molecule has 23 heteroatoms. The van der Waals surface area contributed by atoms with Gasteiger partial charge in [-0.1, -0.05) is 103 Å². The first-order valence-corrected chi connectivity index (χ1v) is 26.8. The van der Waals surface area contributed by atoms with Gasteiger partial charge in [-0.15, -0.1) is 15.3 Å². The second kappa shape index (κ2) is 26.1. The molecule has 4 N–H and O–H groups in total. The Bertz CT molecular complexity index is 3560. The third-order valence-electron chi connectivity index (χ3n) is 11.4. The molecule has 0 spiro atoms. The van der Waals surface area contributed by atoms with Crippen LogP contribution in [0.5, 0.6) is 23.0 Å². The van der Waals surface area contributed by atoms with Crippen molar-refractivity contribution in [1.82, 2.24) is 0 Å². The average molecular weight is 1150 g/mol. The predicted octanol–water partition coefficient (Wildman–Crippen LogP) is 12.8. The van der Waals surface area contributed by atoms with Gasteiger partial charge in [0.15, 0.2) is 5.75 Å². The Balaban J connectivity index is 0.000000246. The number of fused-ring (bicyclic) bond motifs is 2. The number of halogens is 2. The summed E-state index contributed by atoms with van der Waals surface area (Å²) in [6.07, 6.45) is 0.512. The molecule has 18 nitrogen and oxygen atoms in total. The van der Waals surface area contributed by atoms with Crippen molar-refractivity contribution in [3.63, 3.8) is 0 Å². The van der Waals surface area contributed by atoms with E-state index in [1.54, 1.807) is 111 Å². The van der Waals surface area contributed by atoms with Crippen molar-refractivity contribution in [1.29, 1.82) is 0 Å². The Morgan fingerprint density at radius 1 is 0.571 bits per heavy atom. The molecule has 0 atom stereocenters. The van der Waals surface area contributed by atoms with Crippen molar-refractivity contribution >= 4 is 149 Å².